The zero-order valence-corrected chi connectivity index (χ0v) is 11.2. The minimum Gasteiger partial charge on any atom is -0.465 e. The van der Waals surface area contributed by atoms with Crippen LogP contribution in [-0.2, 0) is 11.2 Å². The van der Waals surface area contributed by atoms with Gasteiger partial charge in [0.1, 0.15) is 0 Å². The van der Waals surface area contributed by atoms with E-state index in [1.54, 1.807) is 0 Å². The molecule has 2 aromatic rings. The zero-order valence-electron chi connectivity index (χ0n) is 11.2. The van der Waals surface area contributed by atoms with Gasteiger partial charge in [0, 0.05) is 0 Å². The maximum atomic E-state index is 12.3. The van der Waals surface area contributed by atoms with Crippen LogP contribution in [0, 0.1) is 0 Å². The Kier molecular flexibility index (Phi) is 3.28. The Morgan fingerprint density at radius 1 is 1.00 bits per heavy atom. The van der Waals surface area contributed by atoms with Crippen molar-refractivity contribution in [3.8, 4) is 0 Å². The molecular weight excluding hydrogens is 266 g/mol. The molecule has 0 atom stereocenters. The number of carboxylic acid groups (broad SMARTS) is 1. The lowest BCUT2D eigenvalue weighted by atomic mass is 9.97. The van der Waals surface area contributed by atoms with Crippen molar-refractivity contribution in [2.75, 3.05) is 0 Å². The molecular formula is C17H13NO3. The summed E-state index contributed by atoms with van der Waals surface area (Å²) in [5, 5.41) is 12.5. The maximum absolute atomic E-state index is 12.3. The molecule has 4 heteroatoms. The Hall–Kier alpha value is -2.88. The van der Waals surface area contributed by atoms with E-state index in [0.29, 0.717) is 12.0 Å². The Bertz CT molecular complexity index is 852. The first-order chi connectivity index (χ1) is 10.2. The average Bonchev–Trinajstić information content (AvgIpc) is 2.63. The number of rotatable bonds is 1. The molecule has 0 heterocycles. The van der Waals surface area contributed by atoms with E-state index in [-0.39, 0.29) is 0 Å². The van der Waals surface area contributed by atoms with Gasteiger partial charge in [-0.3, -0.25) is 10.1 Å². The highest BCUT2D eigenvalue weighted by Gasteiger charge is 2.19. The molecule has 0 aromatic heterocycles. The quantitative estimate of drug-likeness (QED) is 0.819. The highest BCUT2D eigenvalue weighted by atomic mass is 16.4. The molecule has 0 bridgehead atoms. The number of nitrogens with one attached hydrogen (secondary N) is 1. The summed E-state index contributed by atoms with van der Waals surface area (Å²) in [6, 6.07) is 15.1. The first-order valence-corrected chi connectivity index (χ1v) is 6.59. The average molecular weight is 279 g/mol. The van der Waals surface area contributed by atoms with E-state index in [4.69, 9.17) is 5.11 Å². The first kappa shape index (κ1) is 13.1. The van der Waals surface area contributed by atoms with Crippen LogP contribution in [0.1, 0.15) is 11.1 Å². The summed E-state index contributed by atoms with van der Waals surface area (Å²) in [6.07, 6.45) is 1.40. The number of hydrogen-bond acceptors (Lipinski definition) is 2. The summed E-state index contributed by atoms with van der Waals surface area (Å²) in [6.45, 7) is 0. The highest BCUT2D eigenvalue weighted by Crippen LogP contribution is 2.19. The van der Waals surface area contributed by atoms with Crippen LogP contribution in [0.25, 0.3) is 11.6 Å². The third-order valence-electron chi connectivity index (χ3n) is 3.51. The van der Waals surface area contributed by atoms with Gasteiger partial charge in [-0.2, -0.15) is 0 Å². The topological polar surface area (TPSA) is 66.4 Å². The number of amides is 2. The van der Waals surface area contributed by atoms with Crippen molar-refractivity contribution in [3.05, 3.63) is 70.1 Å². The second kappa shape index (κ2) is 5.25. The molecule has 2 amide bonds. The van der Waals surface area contributed by atoms with Crippen molar-refractivity contribution in [1.29, 1.82) is 0 Å². The predicted octanol–water partition coefficient (Wildman–Crippen LogP) is 1.02. The van der Waals surface area contributed by atoms with Crippen LogP contribution in [-0.4, -0.2) is 17.1 Å². The van der Waals surface area contributed by atoms with Crippen LogP contribution < -0.4 is 15.8 Å². The minimum atomic E-state index is -1.35. The van der Waals surface area contributed by atoms with E-state index in [1.165, 1.54) is 0 Å². The smallest absolute Gasteiger partial charge is 0.411 e. The standard InChI is InChI=1S/C17H13NO3/c19-16(18-17(20)21)15-13-7-3-1-5-11(13)9-10-12-6-2-4-8-14(12)15/h1-9H,10H2,(H,18,19)(H,20,21). The third-order valence-corrected chi connectivity index (χ3v) is 3.51. The number of benzene rings is 2. The fourth-order valence-electron chi connectivity index (χ4n) is 2.61. The highest BCUT2D eigenvalue weighted by molar-refractivity contribution is 6.23. The number of carbonyl (C=O) groups is 2. The summed E-state index contributed by atoms with van der Waals surface area (Å²) < 4.78 is 0. The fourth-order valence-corrected chi connectivity index (χ4v) is 2.61. The van der Waals surface area contributed by atoms with Crippen molar-refractivity contribution in [3.63, 3.8) is 0 Å². The molecule has 0 unspecified atom stereocenters. The maximum Gasteiger partial charge on any atom is 0.411 e. The van der Waals surface area contributed by atoms with Crippen molar-refractivity contribution in [2.24, 2.45) is 0 Å². The van der Waals surface area contributed by atoms with Gasteiger partial charge in [-0.25, -0.2) is 4.79 Å². The van der Waals surface area contributed by atoms with Crippen LogP contribution >= 0.6 is 0 Å². The van der Waals surface area contributed by atoms with Gasteiger partial charge in [0.05, 0.1) is 5.57 Å². The van der Waals surface area contributed by atoms with Crippen LogP contribution in [0.2, 0.25) is 0 Å². The largest absolute Gasteiger partial charge is 0.465 e. The molecule has 0 saturated carbocycles. The van der Waals surface area contributed by atoms with E-state index < -0.39 is 12.0 Å². The normalized spacial score (nSPS) is 12.5. The molecule has 0 saturated heterocycles. The van der Waals surface area contributed by atoms with Gasteiger partial charge in [0.15, 0.2) is 0 Å². The second-order valence-corrected chi connectivity index (χ2v) is 4.79. The van der Waals surface area contributed by atoms with Gasteiger partial charge < -0.3 is 5.11 Å². The summed E-state index contributed by atoms with van der Waals surface area (Å²) in [5.74, 6) is -0.599. The minimum absolute atomic E-state index is 0.400. The third kappa shape index (κ3) is 2.43. The molecule has 1 aliphatic rings. The van der Waals surface area contributed by atoms with Gasteiger partial charge in [-0.05, 0) is 28.0 Å². The van der Waals surface area contributed by atoms with Gasteiger partial charge in [-0.1, -0.05) is 54.6 Å². The molecule has 104 valence electrons. The number of carbonyl (C=O) groups excluding carboxylic acids is 1. The van der Waals surface area contributed by atoms with Gasteiger partial charge >= 0.3 is 6.09 Å². The summed E-state index contributed by atoms with van der Waals surface area (Å²) >= 11 is 0. The van der Waals surface area contributed by atoms with Crippen LogP contribution in [0.5, 0.6) is 0 Å². The van der Waals surface area contributed by atoms with Crippen molar-refractivity contribution in [2.45, 2.75) is 6.42 Å². The van der Waals surface area contributed by atoms with Crippen molar-refractivity contribution < 1.29 is 14.7 Å². The zero-order chi connectivity index (χ0) is 14.8. The van der Waals surface area contributed by atoms with Crippen molar-refractivity contribution >= 4 is 23.6 Å². The SMILES string of the molecule is O=C(O)NC(=O)C1=c2ccccc2=CCc2ccccc21. The molecule has 0 aliphatic heterocycles. The monoisotopic (exact) mass is 279 g/mol. The van der Waals surface area contributed by atoms with Gasteiger partial charge in [0.25, 0.3) is 5.91 Å². The predicted molar refractivity (Wildman–Crippen MR) is 79.0 cm³/mol. The Morgan fingerprint density at radius 3 is 2.52 bits per heavy atom. The lowest BCUT2D eigenvalue weighted by molar-refractivity contribution is -0.114. The second-order valence-electron chi connectivity index (χ2n) is 4.79. The van der Waals surface area contributed by atoms with E-state index >= 15 is 0 Å². The lowest BCUT2D eigenvalue weighted by Crippen LogP contribution is -2.36. The van der Waals surface area contributed by atoms with E-state index in [2.05, 4.69) is 6.08 Å². The van der Waals surface area contributed by atoms with E-state index in [0.717, 1.165) is 21.6 Å². The summed E-state index contributed by atoms with van der Waals surface area (Å²) in [4.78, 5) is 23.2. The van der Waals surface area contributed by atoms with E-state index in [1.807, 2.05) is 53.8 Å². The fraction of sp³-hybridized carbons (Fsp3) is 0.0588. The molecule has 0 radical (unpaired) electrons. The Balaban J connectivity index is 2.35. The lowest BCUT2D eigenvalue weighted by Gasteiger charge is -2.10. The number of imide groups is 1. The Labute approximate surface area is 121 Å². The molecule has 2 aromatic carbocycles. The molecule has 0 spiro atoms. The molecule has 4 nitrogen and oxygen atoms in total. The molecule has 0 fully saturated rings. The van der Waals surface area contributed by atoms with Gasteiger partial charge in [0.2, 0.25) is 0 Å². The van der Waals surface area contributed by atoms with Crippen LogP contribution in [0.15, 0.2) is 48.5 Å². The summed E-state index contributed by atoms with van der Waals surface area (Å²) in [5.41, 5.74) is 2.18. The van der Waals surface area contributed by atoms with Crippen LogP contribution in [0.4, 0.5) is 4.79 Å². The number of hydrogen-bond donors (Lipinski definition) is 2. The first-order valence-electron chi connectivity index (χ1n) is 6.59. The van der Waals surface area contributed by atoms with Crippen LogP contribution in [0.3, 0.4) is 0 Å². The Morgan fingerprint density at radius 2 is 1.71 bits per heavy atom. The molecule has 21 heavy (non-hydrogen) atoms. The van der Waals surface area contributed by atoms with Crippen molar-refractivity contribution in [1.82, 2.24) is 5.32 Å². The number of fused-ring (bicyclic) bond motifs is 2. The van der Waals surface area contributed by atoms with Gasteiger partial charge in [-0.15, -0.1) is 0 Å². The summed E-state index contributed by atoms with van der Waals surface area (Å²) in [7, 11) is 0. The molecule has 2 N–H and O–H groups in total. The van der Waals surface area contributed by atoms with E-state index in [9.17, 15) is 9.59 Å². The molecule has 1 aliphatic carbocycles. The molecule has 3 rings (SSSR count).